The van der Waals surface area contributed by atoms with Crippen molar-refractivity contribution in [3.63, 3.8) is 0 Å². The summed E-state index contributed by atoms with van der Waals surface area (Å²) in [6.45, 7) is 3.70. The highest BCUT2D eigenvalue weighted by molar-refractivity contribution is 7.92. The average Bonchev–Trinajstić information content (AvgIpc) is 2.30. The average molecular weight is 237 g/mol. The molecule has 4 heteroatoms. The van der Waals surface area contributed by atoms with Gasteiger partial charge in [0.1, 0.15) is 6.07 Å². The second kappa shape index (κ2) is 5.13. The second-order valence-corrected chi connectivity index (χ2v) is 5.79. The molecule has 0 N–H and O–H groups in total. The molecule has 1 aromatic carbocycles. The molecule has 0 aromatic heterocycles. The molecule has 0 radical (unpaired) electrons. The number of nitrogens with zero attached hydrogens (tertiary/aromatic N) is 1. The van der Waals surface area contributed by atoms with Crippen LogP contribution in [0.25, 0.3) is 0 Å². The topological polar surface area (TPSA) is 57.9 Å². The SMILES string of the molecule is CCC(CC)S(=O)(=O)c1ccccc1C#N. The Bertz CT molecular complexity index is 496. The zero-order valence-corrected chi connectivity index (χ0v) is 10.3. The maximum Gasteiger partial charge on any atom is 0.182 e. The summed E-state index contributed by atoms with van der Waals surface area (Å²) in [5, 5.41) is 8.49. The number of benzene rings is 1. The Labute approximate surface area is 96.6 Å². The Kier molecular flexibility index (Phi) is 4.08. The third-order valence-electron chi connectivity index (χ3n) is 2.66. The summed E-state index contributed by atoms with van der Waals surface area (Å²) in [5.74, 6) is 0. The fraction of sp³-hybridized carbons (Fsp3) is 0.417. The predicted molar refractivity (Wildman–Crippen MR) is 62.7 cm³/mol. The lowest BCUT2D eigenvalue weighted by molar-refractivity contribution is 0.571. The molecule has 0 aliphatic heterocycles. The highest BCUT2D eigenvalue weighted by atomic mass is 32.2. The molecule has 86 valence electrons. The number of nitriles is 1. The molecule has 0 atom stereocenters. The van der Waals surface area contributed by atoms with Crippen molar-refractivity contribution in [2.75, 3.05) is 0 Å². The largest absolute Gasteiger partial charge is 0.223 e. The van der Waals surface area contributed by atoms with Gasteiger partial charge in [0.05, 0.1) is 15.7 Å². The summed E-state index contributed by atoms with van der Waals surface area (Å²) in [4.78, 5) is 0.159. The molecule has 16 heavy (non-hydrogen) atoms. The lowest BCUT2D eigenvalue weighted by Gasteiger charge is -2.14. The van der Waals surface area contributed by atoms with Gasteiger partial charge in [0.15, 0.2) is 9.84 Å². The van der Waals surface area contributed by atoms with E-state index in [9.17, 15) is 8.42 Å². The van der Waals surface area contributed by atoms with Gasteiger partial charge in [-0.3, -0.25) is 0 Å². The van der Waals surface area contributed by atoms with Crippen LogP contribution in [0.15, 0.2) is 29.2 Å². The van der Waals surface area contributed by atoms with Crippen molar-refractivity contribution in [1.29, 1.82) is 5.26 Å². The minimum atomic E-state index is -3.37. The Morgan fingerprint density at radius 2 is 1.81 bits per heavy atom. The van der Waals surface area contributed by atoms with E-state index in [2.05, 4.69) is 0 Å². The van der Waals surface area contributed by atoms with E-state index in [0.717, 1.165) is 0 Å². The Balaban J connectivity index is 3.33. The Morgan fingerprint density at radius 3 is 2.31 bits per heavy atom. The molecule has 0 bridgehead atoms. The van der Waals surface area contributed by atoms with Gasteiger partial charge in [-0.2, -0.15) is 5.26 Å². The van der Waals surface area contributed by atoms with Gasteiger partial charge < -0.3 is 0 Å². The standard InChI is InChI=1S/C12H15NO2S/c1-3-11(4-2)16(14,15)12-8-6-5-7-10(12)9-13/h5-8,11H,3-4H2,1-2H3. The molecule has 0 amide bonds. The van der Waals surface area contributed by atoms with Crippen LogP contribution in [0, 0.1) is 11.3 Å². The zero-order valence-electron chi connectivity index (χ0n) is 9.47. The quantitative estimate of drug-likeness (QED) is 0.808. The first kappa shape index (κ1) is 12.7. The van der Waals surface area contributed by atoms with Gasteiger partial charge in [-0.1, -0.05) is 26.0 Å². The summed E-state index contributed by atoms with van der Waals surface area (Å²) in [7, 11) is -3.37. The number of rotatable bonds is 4. The smallest absolute Gasteiger partial charge is 0.182 e. The van der Waals surface area contributed by atoms with E-state index in [1.807, 2.05) is 19.9 Å². The van der Waals surface area contributed by atoms with E-state index in [4.69, 9.17) is 5.26 Å². The van der Waals surface area contributed by atoms with Crippen LogP contribution in [0.4, 0.5) is 0 Å². The first-order chi connectivity index (χ1) is 7.57. The molecule has 1 rings (SSSR count). The molecule has 0 spiro atoms. The van der Waals surface area contributed by atoms with Crippen molar-refractivity contribution in [2.24, 2.45) is 0 Å². The summed E-state index contributed by atoms with van der Waals surface area (Å²) >= 11 is 0. The van der Waals surface area contributed by atoms with Crippen molar-refractivity contribution in [1.82, 2.24) is 0 Å². The van der Waals surface area contributed by atoms with Gasteiger partial charge in [0, 0.05) is 0 Å². The molecule has 0 saturated heterocycles. The summed E-state index contributed by atoms with van der Waals surface area (Å²) in [6.07, 6.45) is 1.14. The highest BCUT2D eigenvalue weighted by Gasteiger charge is 2.26. The minimum absolute atomic E-state index is 0.159. The van der Waals surface area contributed by atoms with Crippen molar-refractivity contribution < 1.29 is 8.42 Å². The van der Waals surface area contributed by atoms with Crippen molar-refractivity contribution >= 4 is 9.84 Å². The first-order valence-corrected chi connectivity index (χ1v) is 6.85. The fourth-order valence-corrected chi connectivity index (χ4v) is 3.64. The molecule has 0 heterocycles. The summed E-state index contributed by atoms with van der Waals surface area (Å²) < 4.78 is 24.4. The van der Waals surface area contributed by atoms with Crippen LogP contribution in [0.3, 0.4) is 0 Å². The number of hydrogen-bond donors (Lipinski definition) is 0. The second-order valence-electron chi connectivity index (χ2n) is 3.59. The highest BCUT2D eigenvalue weighted by Crippen LogP contribution is 2.23. The van der Waals surface area contributed by atoms with Gasteiger partial charge in [0.2, 0.25) is 0 Å². The number of sulfone groups is 1. The van der Waals surface area contributed by atoms with Crippen LogP contribution in [0.1, 0.15) is 32.3 Å². The number of hydrogen-bond acceptors (Lipinski definition) is 3. The third kappa shape index (κ3) is 2.25. The zero-order chi connectivity index (χ0) is 12.2. The van der Waals surface area contributed by atoms with Crippen LogP contribution in [-0.2, 0) is 9.84 Å². The van der Waals surface area contributed by atoms with Crippen LogP contribution >= 0.6 is 0 Å². The maximum atomic E-state index is 12.2. The minimum Gasteiger partial charge on any atom is -0.223 e. The Hall–Kier alpha value is -1.34. The lowest BCUT2D eigenvalue weighted by Crippen LogP contribution is -2.20. The predicted octanol–water partition coefficient (Wildman–Crippen LogP) is 2.52. The molecule has 0 aliphatic carbocycles. The Morgan fingerprint density at radius 1 is 1.25 bits per heavy atom. The van der Waals surface area contributed by atoms with Gasteiger partial charge in [-0.15, -0.1) is 0 Å². The molecular formula is C12H15NO2S. The van der Waals surface area contributed by atoms with E-state index in [1.54, 1.807) is 12.1 Å². The lowest BCUT2D eigenvalue weighted by atomic mass is 10.2. The van der Waals surface area contributed by atoms with Crippen LogP contribution < -0.4 is 0 Å². The molecule has 0 saturated carbocycles. The van der Waals surface area contributed by atoms with Crippen LogP contribution in [0.2, 0.25) is 0 Å². The normalized spacial score (nSPS) is 11.4. The maximum absolute atomic E-state index is 12.2. The van der Waals surface area contributed by atoms with Crippen LogP contribution in [0.5, 0.6) is 0 Å². The molecular weight excluding hydrogens is 222 g/mol. The first-order valence-electron chi connectivity index (χ1n) is 5.30. The van der Waals surface area contributed by atoms with E-state index in [-0.39, 0.29) is 10.5 Å². The molecule has 1 aromatic rings. The fourth-order valence-electron chi connectivity index (χ4n) is 1.71. The van der Waals surface area contributed by atoms with Gasteiger partial charge in [-0.25, -0.2) is 8.42 Å². The molecule has 0 aliphatic rings. The van der Waals surface area contributed by atoms with Gasteiger partial charge in [-0.05, 0) is 25.0 Å². The molecule has 3 nitrogen and oxygen atoms in total. The van der Waals surface area contributed by atoms with Crippen molar-refractivity contribution in [3.8, 4) is 6.07 Å². The van der Waals surface area contributed by atoms with Gasteiger partial charge in [0.25, 0.3) is 0 Å². The molecule has 0 fully saturated rings. The van der Waals surface area contributed by atoms with Crippen LogP contribution in [-0.4, -0.2) is 13.7 Å². The third-order valence-corrected chi connectivity index (χ3v) is 5.18. The summed E-state index contributed by atoms with van der Waals surface area (Å²) in [6, 6.07) is 8.29. The van der Waals surface area contributed by atoms with Crippen molar-refractivity contribution in [3.05, 3.63) is 29.8 Å². The van der Waals surface area contributed by atoms with E-state index in [1.165, 1.54) is 12.1 Å². The van der Waals surface area contributed by atoms with Gasteiger partial charge >= 0.3 is 0 Å². The van der Waals surface area contributed by atoms with E-state index >= 15 is 0 Å². The molecule has 0 unspecified atom stereocenters. The van der Waals surface area contributed by atoms with E-state index < -0.39 is 15.1 Å². The van der Waals surface area contributed by atoms with E-state index in [0.29, 0.717) is 12.8 Å². The van der Waals surface area contributed by atoms with Crippen molar-refractivity contribution in [2.45, 2.75) is 36.8 Å². The monoisotopic (exact) mass is 237 g/mol. The summed E-state index contributed by atoms with van der Waals surface area (Å²) in [5.41, 5.74) is 0.231.